The van der Waals surface area contributed by atoms with Gasteiger partial charge in [0.2, 0.25) is 0 Å². The van der Waals surface area contributed by atoms with Crippen molar-refractivity contribution in [3.8, 4) is 0 Å². The van der Waals surface area contributed by atoms with Crippen molar-refractivity contribution in [2.24, 2.45) is 0 Å². The Labute approximate surface area is 119 Å². The average molecular weight is 260 g/mol. The van der Waals surface area contributed by atoms with Gasteiger partial charge in [0.05, 0.1) is 5.60 Å². The summed E-state index contributed by atoms with van der Waals surface area (Å²) in [5.41, 5.74) is 3.07. The predicted molar refractivity (Wildman–Crippen MR) is 86.8 cm³/mol. The van der Waals surface area contributed by atoms with Gasteiger partial charge in [0.25, 0.3) is 0 Å². The van der Waals surface area contributed by atoms with Crippen LogP contribution in [-0.4, -0.2) is 13.0 Å². The quantitative estimate of drug-likeness (QED) is 0.824. The Balaban J connectivity index is 3.51. The third-order valence-corrected chi connectivity index (χ3v) is 4.17. The highest BCUT2D eigenvalue weighted by atomic mass is 16.3. The van der Waals surface area contributed by atoms with Crippen LogP contribution in [0.4, 0.5) is 0 Å². The number of aliphatic hydroxyl groups is 1. The molecule has 0 unspecified atom stereocenters. The first-order valence-electron chi connectivity index (χ1n) is 7.27. The lowest BCUT2D eigenvalue weighted by Gasteiger charge is -2.30. The lowest BCUT2D eigenvalue weighted by Crippen LogP contribution is -2.23. The molecule has 1 rings (SSSR count). The standard InChI is InChI=1S/C17H29BO/c1-15(2,3)12-8-13(16(4,5)11-18)10-14(9-12)17(6,7)19/h8-10,19H,11,18H2,1-7H3. The van der Waals surface area contributed by atoms with Gasteiger partial charge in [0.1, 0.15) is 7.85 Å². The molecule has 1 N–H and O–H groups in total. The van der Waals surface area contributed by atoms with Crippen LogP contribution < -0.4 is 0 Å². The molecule has 0 aliphatic carbocycles. The summed E-state index contributed by atoms with van der Waals surface area (Å²) in [6.07, 6.45) is 1.09. The molecule has 1 aromatic carbocycles. The Kier molecular flexibility index (Phi) is 4.27. The summed E-state index contributed by atoms with van der Waals surface area (Å²) >= 11 is 0. The van der Waals surface area contributed by atoms with Gasteiger partial charge >= 0.3 is 0 Å². The number of hydrogen-bond acceptors (Lipinski definition) is 1. The average Bonchev–Trinajstić information content (AvgIpc) is 2.26. The van der Waals surface area contributed by atoms with Crippen LogP contribution in [-0.2, 0) is 16.4 Å². The van der Waals surface area contributed by atoms with Crippen LogP contribution in [0.25, 0.3) is 0 Å². The molecule has 0 bridgehead atoms. The molecule has 0 aliphatic heterocycles. The molecule has 1 aromatic rings. The van der Waals surface area contributed by atoms with Gasteiger partial charge in [-0.2, -0.15) is 0 Å². The fraction of sp³-hybridized carbons (Fsp3) is 0.647. The lowest BCUT2D eigenvalue weighted by atomic mass is 9.71. The summed E-state index contributed by atoms with van der Waals surface area (Å²) < 4.78 is 0. The molecule has 0 saturated carbocycles. The third-order valence-electron chi connectivity index (χ3n) is 4.17. The molecular formula is C17H29BO. The zero-order chi connectivity index (χ0) is 15.1. The maximum absolute atomic E-state index is 10.3. The van der Waals surface area contributed by atoms with Crippen LogP contribution in [0.2, 0.25) is 6.32 Å². The molecule has 0 amide bonds. The summed E-state index contributed by atoms with van der Waals surface area (Å²) in [7, 11) is 2.22. The van der Waals surface area contributed by atoms with E-state index in [2.05, 4.69) is 60.7 Å². The second kappa shape index (κ2) is 4.97. The molecule has 0 spiro atoms. The highest BCUT2D eigenvalue weighted by Crippen LogP contribution is 2.34. The molecule has 0 aliphatic rings. The van der Waals surface area contributed by atoms with Gasteiger partial charge in [-0.05, 0) is 41.4 Å². The summed E-state index contributed by atoms with van der Waals surface area (Å²) in [5, 5.41) is 10.3. The van der Waals surface area contributed by atoms with Crippen molar-refractivity contribution >= 4 is 7.85 Å². The van der Waals surface area contributed by atoms with Crippen molar-refractivity contribution < 1.29 is 5.11 Å². The van der Waals surface area contributed by atoms with Crippen molar-refractivity contribution in [2.45, 2.75) is 71.2 Å². The monoisotopic (exact) mass is 260 g/mol. The van der Waals surface area contributed by atoms with E-state index in [0.717, 1.165) is 11.9 Å². The molecule has 0 fully saturated rings. The molecule has 0 aromatic heterocycles. The van der Waals surface area contributed by atoms with Gasteiger partial charge < -0.3 is 5.11 Å². The van der Waals surface area contributed by atoms with Gasteiger partial charge in [-0.3, -0.25) is 0 Å². The largest absolute Gasteiger partial charge is 0.386 e. The van der Waals surface area contributed by atoms with E-state index in [4.69, 9.17) is 0 Å². The van der Waals surface area contributed by atoms with E-state index < -0.39 is 5.60 Å². The minimum Gasteiger partial charge on any atom is -0.386 e. The van der Waals surface area contributed by atoms with Gasteiger partial charge in [-0.15, -0.1) is 0 Å². The molecule has 0 heterocycles. The van der Waals surface area contributed by atoms with Crippen LogP contribution in [0.1, 0.15) is 65.2 Å². The van der Waals surface area contributed by atoms with Crippen LogP contribution in [0.5, 0.6) is 0 Å². The van der Waals surface area contributed by atoms with Crippen molar-refractivity contribution in [1.29, 1.82) is 0 Å². The first-order valence-corrected chi connectivity index (χ1v) is 7.27. The van der Waals surface area contributed by atoms with Gasteiger partial charge in [-0.25, -0.2) is 0 Å². The Bertz CT molecular complexity index is 415. The van der Waals surface area contributed by atoms with E-state index in [9.17, 15) is 5.11 Å². The van der Waals surface area contributed by atoms with Crippen LogP contribution >= 0.6 is 0 Å². The molecular weight excluding hydrogens is 231 g/mol. The van der Waals surface area contributed by atoms with Gasteiger partial charge in [-0.1, -0.05) is 59.1 Å². The Morgan fingerprint density at radius 3 is 1.63 bits per heavy atom. The Morgan fingerprint density at radius 1 is 0.842 bits per heavy atom. The summed E-state index contributed by atoms with van der Waals surface area (Å²) in [5.74, 6) is 0. The molecule has 0 radical (unpaired) electrons. The van der Waals surface area contributed by atoms with Crippen LogP contribution in [0, 0.1) is 0 Å². The molecule has 2 heteroatoms. The van der Waals surface area contributed by atoms with Crippen LogP contribution in [0.15, 0.2) is 18.2 Å². The van der Waals surface area contributed by atoms with E-state index in [0.29, 0.717) is 0 Å². The summed E-state index contributed by atoms with van der Waals surface area (Å²) in [6, 6.07) is 6.62. The fourth-order valence-electron chi connectivity index (χ4n) is 2.01. The number of benzene rings is 1. The van der Waals surface area contributed by atoms with Crippen molar-refractivity contribution in [3.05, 3.63) is 34.9 Å². The highest BCUT2D eigenvalue weighted by Gasteiger charge is 2.26. The van der Waals surface area contributed by atoms with Gasteiger partial charge in [0, 0.05) is 0 Å². The van der Waals surface area contributed by atoms with Gasteiger partial charge in [0.15, 0.2) is 0 Å². The number of hydrogen-bond donors (Lipinski definition) is 1. The van der Waals surface area contributed by atoms with Crippen LogP contribution in [0.3, 0.4) is 0 Å². The topological polar surface area (TPSA) is 20.2 Å². The van der Waals surface area contributed by atoms with E-state index in [1.807, 2.05) is 13.8 Å². The molecule has 1 nitrogen and oxygen atoms in total. The second-order valence-electron chi connectivity index (χ2n) is 7.85. The first-order chi connectivity index (χ1) is 8.38. The predicted octanol–water partition coefficient (Wildman–Crippen LogP) is 3.54. The molecule has 19 heavy (non-hydrogen) atoms. The molecule has 0 atom stereocenters. The normalized spacial score (nSPS) is 13.7. The smallest absolute Gasteiger partial charge is 0.102 e. The Morgan fingerprint density at radius 2 is 1.26 bits per heavy atom. The van der Waals surface area contributed by atoms with Crippen molar-refractivity contribution in [2.75, 3.05) is 0 Å². The van der Waals surface area contributed by atoms with Crippen molar-refractivity contribution in [3.63, 3.8) is 0 Å². The first kappa shape index (κ1) is 16.3. The second-order valence-corrected chi connectivity index (χ2v) is 7.85. The van der Waals surface area contributed by atoms with Crippen molar-refractivity contribution in [1.82, 2.24) is 0 Å². The minimum atomic E-state index is -0.792. The lowest BCUT2D eigenvalue weighted by molar-refractivity contribution is 0.0783. The van der Waals surface area contributed by atoms with E-state index in [1.54, 1.807) is 0 Å². The highest BCUT2D eigenvalue weighted by molar-refractivity contribution is 6.09. The third kappa shape index (κ3) is 3.85. The van der Waals surface area contributed by atoms with E-state index in [-0.39, 0.29) is 10.8 Å². The van der Waals surface area contributed by atoms with E-state index in [1.165, 1.54) is 11.1 Å². The number of rotatable bonds is 3. The fourth-order valence-corrected chi connectivity index (χ4v) is 2.01. The SMILES string of the molecule is BCC(C)(C)c1cc(C(C)(C)C)cc(C(C)(C)O)c1. The molecule has 0 saturated heterocycles. The summed E-state index contributed by atoms with van der Waals surface area (Å²) in [4.78, 5) is 0. The zero-order valence-corrected chi connectivity index (χ0v) is 13.9. The van der Waals surface area contributed by atoms with E-state index >= 15 is 0 Å². The maximum atomic E-state index is 10.3. The molecule has 106 valence electrons. The Hall–Kier alpha value is -0.755. The summed E-state index contributed by atoms with van der Waals surface area (Å²) in [6.45, 7) is 14.9. The maximum Gasteiger partial charge on any atom is 0.102 e. The minimum absolute atomic E-state index is 0.0971. The zero-order valence-electron chi connectivity index (χ0n) is 13.9.